The predicted octanol–water partition coefficient (Wildman–Crippen LogP) is 5.42. The molecule has 1 saturated heterocycles. The van der Waals surface area contributed by atoms with Crippen LogP contribution in [0, 0.1) is 0 Å². The second-order valence-corrected chi connectivity index (χ2v) is 10.0. The van der Waals surface area contributed by atoms with Crippen molar-refractivity contribution in [3.63, 3.8) is 0 Å². The Morgan fingerprint density at radius 2 is 1.43 bits per heavy atom. The first-order chi connectivity index (χ1) is 17.0. The standard InChI is InChI=1S/C29H44N2O4/c1-2-15-30(19-14-23-10-12-26(32)28(34)21-23)16-6-4-3-5-7-17-31-18-8-9-25(31)20-24-11-13-27(33)29(35)22-24/h10-13,21-22,25,32-35H,2-9,14-20H2,1H3. The van der Waals surface area contributed by atoms with Gasteiger partial charge in [0.1, 0.15) is 0 Å². The number of unbranched alkanes of at least 4 members (excludes halogenated alkanes) is 4. The number of phenols is 4. The van der Waals surface area contributed by atoms with E-state index in [1.807, 2.05) is 12.1 Å². The van der Waals surface area contributed by atoms with Crippen molar-refractivity contribution in [3.05, 3.63) is 47.5 Å². The summed E-state index contributed by atoms with van der Waals surface area (Å²) in [6, 6.07) is 10.9. The van der Waals surface area contributed by atoms with E-state index in [1.165, 1.54) is 51.5 Å². The fourth-order valence-corrected chi connectivity index (χ4v) is 5.23. The van der Waals surface area contributed by atoms with E-state index in [9.17, 15) is 20.4 Å². The third-order valence-corrected chi connectivity index (χ3v) is 7.23. The molecule has 1 fully saturated rings. The molecule has 35 heavy (non-hydrogen) atoms. The molecule has 6 nitrogen and oxygen atoms in total. The number of benzene rings is 2. The van der Waals surface area contributed by atoms with Crippen molar-refractivity contribution in [2.45, 2.75) is 77.2 Å². The van der Waals surface area contributed by atoms with Crippen LogP contribution in [0.3, 0.4) is 0 Å². The van der Waals surface area contributed by atoms with E-state index in [4.69, 9.17) is 0 Å². The van der Waals surface area contributed by atoms with E-state index in [-0.39, 0.29) is 23.0 Å². The summed E-state index contributed by atoms with van der Waals surface area (Å²) in [5, 5.41) is 38.5. The number of rotatable bonds is 15. The highest BCUT2D eigenvalue weighted by molar-refractivity contribution is 5.41. The van der Waals surface area contributed by atoms with Gasteiger partial charge in [-0.15, -0.1) is 0 Å². The molecule has 0 amide bonds. The molecular formula is C29H44N2O4. The van der Waals surface area contributed by atoms with Crippen molar-refractivity contribution < 1.29 is 20.4 Å². The quantitative estimate of drug-likeness (QED) is 0.199. The van der Waals surface area contributed by atoms with Crippen LogP contribution < -0.4 is 0 Å². The zero-order valence-corrected chi connectivity index (χ0v) is 21.3. The molecule has 0 spiro atoms. The van der Waals surface area contributed by atoms with E-state index in [0.717, 1.165) is 56.6 Å². The van der Waals surface area contributed by atoms with Crippen LogP contribution in [0.5, 0.6) is 23.0 Å². The molecule has 1 aliphatic heterocycles. The highest BCUT2D eigenvalue weighted by Crippen LogP contribution is 2.28. The Balaban J connectivity index is 1.29. The zero-order chi connectivity index (χ0) is 25.0. The van der Waals surface area contributed by atoms with Crippen LogP contribution in [-0.4, -0.2) is 69.0 Å². The van der Waals surface area contributed by atoms with Crippen LogP contribution >= 0.6 is 0 Å². The van der Waals surface area contributed by atoms with Crippen LogP contribution in [0.2, 0.25) is 0 Å². The zero-order valence-electron chi connectivity index (χ0n) is 21.3. The van der Waals surface area contributed by atoms with Crippen molar-refractivity contribution >= 4 is 0 Å². The van der Waals surface area contributed by atoms with Gasteiger partial charge in [0.25, 0.3) is 0 Å². The lowest BCUT2D eigenvalue weighted by Crippen LogP contribution is -2.32. The molecular weight excluding hydrogens is 440 g/mol. The molecule has 1 atom stereocenters. The number of likely N-dealkylation sites (tertiary alicyclic amines) is 1. The normalized spacial score (nSPS) is 16.3. The van der Waals surface area contributed by atoms with E-state index in [1.54, 1.807) is 24.3 Å². The molecule has 6 heteroatoms. The van der Waals surface area contributed by atoms with Gasteiger partial charge in [-0.3, -0.25) is 0 Å². The molecule has 0 radical (unpaired) electrons. The first-order valence-electron chi connectivity index (χ1n) is 13.4. The van der Waals surface area contributed by atoms with Gasteiger partial charge in [0.15, 0.2) is 23.0 Å². The van der Waals surface area contributed by atoms with Crippen LogP contribution in [0.4, 0.5) is 0 Å². The van der Waals surface area contributed by atoms with Crippen LogP contribution in [0.1, 0.15) is 69.4 Å². The number of phenolic OH excluding ortho intramolecular Hbond substituents is 4. The minimum Gasteiger partial charge on any atom is -0.504 e. The highest BCUT2D eigenvalue weighted by Gasteiger charge is 2.24. The van der Waals surface area contributed by atoms with Gasteiger partial charge in [-0.2, -0.15) is 0 Å². The van der Waals surface area contributed by atoms with Gasteiger partial charge >= 0.3 is 0 Å². The van der Waals surface area contributed by atoms with Gasteiger partial charge < -0.3 is 30.2 Å². The highest BCUT2D eigenvalue weighted by atomic mass is 16.3. The van der Waals surface area contributed by atoms with Crippen LogP contribution in [0.25, 0.3) is 0 Å². The summed E-state index contributed by atoms with van der Waals surface area (Å²) in [5.41, 5.74) is 2.15. The van der Waals surface area contributed by atoms with Gasteiger partial charge in [-0.25, -0.2) is 0 Å². The summed E-state index contributed by atoms with van der Waals surface area (Å²) in [5.74, 6) is -0.168. The molecule has 1 unspecified atom stereocenters. The Morgan fingerprint density at radius 3 is 2.14 bits per heavy atom. The van der Waals surface area contributed by atoms with E-state index in [0.29, 0.717) is 6.04 Å². The van der Waals surface area contributed by atoms with Gasteiger partial charge in [0, 0.05) is 12.6 Å². The lowest BCUT2D eigenvalue weighted by atomic mass is 10.0. The largest absolute Gasteiger partial charge is 0.504 e. The number of nitrogens with zero attached hydrogens (tertiary/aromatic N) is 2. The Morgan fingerprint density at radius 1 is 0.771 bits per heavy atom. The topological polar surface area (TPSA) is 87.4 Å². The molecule has 0 aliphatic carbocycles. The monoisotopic (exact) mass is 484 g/mol. The maximum Gasteiger partial charge on any atom is 0.157 e. The lowest BCUT2D eigenvalue weighted by Gasteiger charge is -2.24. The third-order valence-electron chi connectivity index (χ3n) is 7.23. The van der Waals surface area contributed by atoms with E-state index < -0.39 is 0 Å². The first kappa shape index (κ1) is 27.2. The second kappa shape index (κ2) is 14.2. The van der Waals surface area contributed by atoms with Crippen molar-refractivity contribution in [3.8, 4) is 23.0 Å². The predicted molar refractivity (Wildman–Crippen MR) is 141 cm³/mol. The van der Waals surface area contributed by atoms with Crippen molar-refractivity contribution in [2.75, 3.05) is 32.7 Å². The molecule has 194 valence electrons. The third kappa shape index (κ3) is 8.93. The number of aromatic hydroxyl groups is 4. The average molecular weight is 485 g/mol. The van der Waals surface area contributed by atoms with Crippen molar-refractivity contribution in [1.82, 2.24) is 9.80 Å². The van der Waals surface area contributed by atoms with Crippen molar-refractivity contribution in [1.29, 1.82) is 0 Å². The molecule has 4 N–H and O–H groups in total. The first-order valence-corrected chi connectivity index (χ1v) is 13.4. The van der Waals surface area contributed by atoms with Gasteiger partial charge in [0.2, 0.25) is 0 Å². The van der Waals surface area contributed by atoms with Crippen LogP contribution in [-0.2, 0) is 12.8 Å². The molecule has 2 aromatic rings. The number of hydrogen-bond donors (Lipinski definition) is 4. The van der Waals surface area contributed by atoms with Gasteiger partial charge in [-0.1, -0.05) is 38.3 Å². The molecule has 0 saturated carbocycles. The van der Waals surface area contributed by atoms with Crippen LogP contribution in [0.15, 0.2) is 36.4 Å². The Labute approximate surface area is 210 Å². The SMILES string of the molecule is CCCN(CCCCCCCN1CCCC1Cc1ccc(O)c(O)c1)CCc1ccc(O)c(O)c1. The Hall–Kier alpha value is -2.44. The fourth-order valence-electron chi connectivity index (χ4n) is 5.23. The molecule has 1 heterocycles. The summed E-state index contributed by atoms with van der Waals surface area (Å²) < 4.78 is 0. The molecule has 3 rings (SSSR count). The van der Waals surface area contributed by atoms with E-state index in [2.05, 4.69) is 16.7 Å². The minimum atomic E-state index is -0.0583. The summed E-state index contributed by atoms with van der Waals surface area (Å²) in [6.45, 7) is 7.73. The second-order valence-electron chi connectivity index (χ2n) is 10.0. The molecule has 1 aliphatic rings. The van der Waals surface area contributed by atoms with Crippen molar-refractivity contribution in [2.24, 2.45) is 0 Å². The van der Waals surface area contributed by atoms with Gasteiger partial charge in [0.05, 0.1) is 0 Å². The summed E-state index contributed by atoms with van der Waals surface area (Å²) in [6.07, 6.45) is 11.7. The summed E-state index contributed by atoms with van der Waals surface area (Å²) in [7, 11) is 0. The summed E-state index contributed by atoms with van der Waals surface area (Å²) in [4.78, 5) is 5.12. The lowest BCUT2D eigenvalue weighted by molar-refractivity contribution is 0.244. The smallest absolute Gasteiger partial charge is 0.157 e. The fraction of sp³-hybridized carbons (Fsp3) is 0.586. The molecule has 2 aromatic carbocycles. The maximum atomic E-state index is 9.77. The maximum absolute atomic E-state index is 9.77. The average Bonchev–Trinajstić information content (AvgIpc) is 3.28. The van der Waals surface area contributed by atoms with Gasteiger partial charge in [-0.05, 0) is 107 Å². The minimum absolute atomic E-state index is 0.0239. The molecule has 0 aromatic heterocycles. The Bertz CT molecular complexity index is 904. The van der Waals surface area contributed by atoms with E-state index >= 15 is 0 Å². The summed E-state index contributed by atoms with van der Waals surface area (Å²) >= 11 is 0. The number of hydrogen-bond acceptors (Lipinski definition) is 6. The Kier molecular flexibility index (Phi) is 11.0. The molecule has 0 bridgehead atoms.